The van der Waals surface area contributed by atoms with Gasteiger partial charge in [0.15, 0.2) is 5.96 Å². The summed E-state index contributed by atoms with van der Waals surface area (Å²) in [5.74, 6) is 1.73. The standard InChI is InChI=1S/C23H34N4O2.HI/c1-5-24-22(26-17-23(2,3)27-10-12-29-13-11-27)25-16-18-6-7-20-15-21(28-4)9-8-19(20)14-18;/h6-9,14-15H,5,10-13,16-17H2,1-4H3,(H2,24,25,26);1H. The molecule has 2 aromatic rings. The zero-order valence-electron chi connectivity index (χ0n) is 18.5. The Labute approximate surface area is 197 Å². The van der Waals surface area contributed by atoms with Crippen molar-refractivity contribution in [3.8, 4) is 5.75 Å². The maximum Gasteiger partial charge on any atom is 0.191 e. The third kappa shape index (κ3) is 6.72. The van der Waals surface area contributed by atoms with Crippen molar-refractivity contribution >= 4 is 40.7 Å². The summed E-state index contributed by atoms with van der Waals surface area (Å²) in [6.07, 6.45) is 0. The minimum Gasteiger partial charge on any atom is -0.497 e. The largest absolute Gasteiger partial charge is 0.497 e. The van der Waals surface area contributed by atoms with E-state index in [2.05, 4.69) is 66.6 Å². The maximum atomic E-state index is 5.48. The van der Waals surface area contributed by atoms with Crippen LogP contribution in [0.2, 0.25) is 0 Å². The Kier molecular flexibility index (Phi) is 9.64. The summed E-state index contributed by atoms with van der Waals surface area (Å²) in [5.41, 5.74) is 1.23. The molecule has 0 aromatic heterocycles. The summed E-state index contributed by atoms with van der Waals surface area (Å²) in [6, 6.07) is 12.6. The van der Waals surface area contributed by atoms with Gasteiger partial charge in [0.2, 0.25) is 0 Å². The van der Waals surface area contributed by atoms with E-state index in [4.69, 9.17) is 14.5 Å². The van der Waals surface area contributed by atoms with Gasteiger partial charge < -0.3 is 20.1 Å². The lowest BCUT2D eigenvalue weighted by Crippen LogP contribution is -2.56. The van der Waals surface area contributed by atoms with E-state index >= 15 is 0 Å². The fourth-order valence-corrected chi connectivity index (χ4v) is 3.59. The van der Waals surface area contributed by atoms with Gasteiger partial charge in [-0.1, -0.05) is 18.2 Å². The van der Waals surface area contributed by atoms with Crippen molar-refractivity contribution in [3.05, 3.63) is 42.0 Å². The normalized spacial score (nSPS) is 15.5. The summed E-state index contributed by atoms with van der Waals surface area (Å²) >= 11 is 0. The molecule has 0 atom stereocenters. The van der Waals surface area contributed by atoms with E-state index in [0.29, 0.717) is 6.54 Å². The van der Waals surface area contributed by atoms with Gasteiger partial charge in [0, 0.05) is 31.7 Å². The molecule has 1 heterocycles. The van der Waals surface area contributed by atoms with Crippen LogP contribution in [0.3, 0.4) is 0 Å². The molecule has 30 heavy (non-hydrogen) atoms. The fraction of sp³-hybridized carbons (Fsp3) is 0.522. The molecular weight excluding hydrogens is 491 g/mol. The predicted octanol–water partition coefficient (Wildman–Crippen LogP) is 3.63. The smallest absolute Gasteiger partial charge is 0.191 e. The number of morpholine rings is 1. The zero-order valence-corrected chi connectivity index (χ0v) is 20.9. The Hall–Kier alpha value is -1.58. The van der Waals surface area contributed by atoms with Crippen LogP contribution in [0.25, 0.3) is 10.8 Å². The van der Waals surface area contributed by atoms with Crippen LogP contribution < -0.4 is 15.4 Å². The lowest BCUT2D eigenvalue weighted by Gasteiger charge is -2.41. The molecular formula is C23H35IN4O2. The van der Waals surface area contributed by atoms with Crippen LogP contribution in [0.5, 0.6) is 5.75 Å². The van der Waals surface area contributed by atoms with Gasteiger partial charge in [0.1, 0.15) is 5.75 Å². The first-order valence-electron chi connectivity index (χ1n) is 10.4. The molecule has 1 aliphatic heterocycles. The minimum absolute atomic E-state index is 0. The highest BCUT2D eigenvalue weighted by atomic mass is 127. The number of aliphatic imine (C=N–C) groups is 1. The van der Waals surface area contributed by atoms with Gasteiger partial charge in [0.05, 0.1) is 26.9 Å². The second kappa shape index (κ2) is 11.7. The van der Waals surface area contributed by atoms with Crippen molar-refractivity contribution < 1.29 is 9.47 Å². The van der Waals surface area contributed by atoms with Crippen molar-refractivity contribution in [2.75, 3.05) is 46.5 Å². The second-order valence-electron chi connectivity index (χ2n) is 8.01. The summed E-state index contributed by atoms with van der Waals surface area (Å²) in [7, 11) is 1.69. The van der Waals surface area contributed by atoms with E-state index in [1.165, 1.54) is 16.3 Å². The number of methoxy groups -OCH3 is 1. The van der Waals surface area contributed by atoms with Gasteiger partial charge in [-0.3, -0.25) is 4.90 Å². The molecule has 1 fully saturated rings. The van der Waals surface area contributed by atoms with Crippen LogP contribution in [0, 0.1) is 0 Å². The molecule has 0 bridgehead atoms. The SMILES string of the molecule is CCNC(=NCc1ccc2cc(OC)ccc2c1)NCC(C)(C)N1CCOCC1.I. The van der Waals surface area contributed by atoms with Crippen molar-refractivity contribution in [1.82, 2.24) is 15.5 Å². The Morgan fingerprint density at radius 2 is 1.80 bits per heavy atom. The number of hydrogen-bond donors (Lipinski definition) is 2. The molecule has 166 valence electrons. The molecule has 1 saturated heterocycles. The van der Waals surface area contributed by atoms with E-state index in [1.807, 2.05) is 6.07 Å². The number of hydrogen-bond acceptors (Lipinski definition) is 4. The van der Waals surface area contributed by atoms with Crippen molar-refractivity contribution in [1.29, 1.82) is 0 Å². The quantitative estimate of drug-likeness (QED) is 0.328. The molecule has 3 rings (SSSR count). The number of ether oxygens (including phenoxy) is 2. The Balaban J connectivity index is 0.00000320. The van der Waals surface area contributed by atoms with E-state index in [9.17, 15) is 0 Å². The average Bonchev–Trinajstić information content (AvgIpc) is 2.75. The molecule has 0 radical (unpaired) electrons. The number of fused-ring (bicyclic) bond motifs is 1. The first-order valence-corrected chi connectivity index (χ1v) is 10.4. The highest BCUT2D eigenvalue weighted by molar-refractivity contribution is 14.0. The second-order valence-corrected chi connectivity index (χ2v) is 8.01. The van der Waals surface area contributed by atoms with Crippen LogP contribution in [0.4, 0.5) is 0 Å². The summed E-state index contributed by atoms with van der Waals surface area (Å²) < 4.78 is 10.8. The van der Waals surface area contributed by atoms with E-state index in [1.54, 1.807) is 7.11 Å². The molecule has 2 aromatic carbocycles. The number of halogens is 1. The predicted molar refractivity (Wildman–Crippen MR) is 135 cm³/mol. The summed E-state index contributed by atoms with van der Waals surface area (Å²) in [6.45, 7) is 12.5. The third-order valence-electron chi connectivity index (χ3n) is 5.43. The zero-order chi connectivity index (χ0) is 20.7. The fourth-order valence-electron chi connectivity index (χ4n) is 3.59. The van der Waals surface area contributed by atoms with Gasteiger partial charge in [-0.15, -0.1) is 24.0 Å². The maximum absolute atomic E-state index is 5.48. The lowest BCUT2D eigenvalue weighted by atomic mass is 10.0. The number of rotatable bonds is 7. The summed E-state index contributed by atoms with van der Waals surface area (Å²) in [5, 5.41) is 9.25. The molecule has 0 saturated carbocycles. The average molecular weight is 526 g/mol. The first-order chi connectivity index (χ1) is 14.0. The van der Waals surface area contributed by atoms with Crippen molar-refractivity contribution in [3.63, 3.8) is 0 Å². The van der Waals surface area contributed by atoms with Crippen molar-refractivity contribution in [2.45, 2.75) is 32.9 Å². The molecule has 7 heteroatoms. The lowest BCUT2D eigenvalue weighted by molar-refractivity contribution is -0.00834. The molecule has 0 aliphatic carbocycles. The molecule has 0 unspecified atom stereocenters. The number of benzene rings is 2. The van der Waals surface area contributed by atoms with Gasteiger partial charge >= 0.3 is 0 Å². The molecule has 0 spiro atoms. The van der Waals surface area contributed by atoms with Gasteiger partial charge in [-0.05, 0) is 55.3 Å². The van der Waals surface area contributed by atoms with Crippen LogP contribution >= 0.6 is 24.0 Å². The van der Waals surface area contributed by atoms with E-state index < -0.39 is 0 Å². The molecule has 0 amide bonds. The van der Waals surface area contributed by atoms with Gasteiger partial charge in [-0.2, -0.15) is 0 Å². The van der Waals surface area contributed by atoms with E-state index in [-0.39, 0.29) is 29.5 Å². The Morgan fingerprint density at radius 1 is 1.10 bits per heavy atom. The van der Waals surface area contributed by atoms with Gasteiger partial charge in [-0.25, -0.2) is 4.99 Å². The van der Waals surface area contributed by atoms with Crippen LogP contribution in [-0.2, 0) is 11.3 Å². The number of guanidine groups is 1. The highest BCUT2D eigenvalue weighted by Crippen LogP contribution is 2.22. The third-order valence-corrected chi connectivity index (χ3v) is 5.43. The molecule has 2 N–H and O–H groups in total. The summed E-state index contributed by atoms with van der Waals surface area (Å²) in [4.78, 5) is 7.28. The minimum atomic E-state index is 0. The number of nitrogens with one attached hydrogen (secondary N) is 2. The van der Waals surface area contributed by atoms with Crippen LogP contribution in [-0.4, -0.2) is 62.9 Å². The highest BCUT2D eigenvalue weighted by Gasteiger charge is 2.28. The van der Waals surface area contributed by atoms with Crippen molar-refractivity contribution in [2.24, 2.45) is 4.99 Å². The van der Waals surface area contributed by atoms with Gasteiger partial charge in [0.25, 0.3) is 0 Å². The molecule has 1 aliphatic rings. The molecule has 6 nitrogen and oxygen atoms in total. The van der Waals surface area contributed by atoms with Crippen LogP contribution in [0.15, 0.2) is 41.4 Å². The first kappa shape index (κ1) is 24.7. The Bertz CT molecular complexity index is 835. The van der Waals surface area contributed by atoms with E-state index in [0.717, 1.165) is 51.1 Å². The Morgan fingerprint density at radius 3 is 2.50 bits per heavy atom. The monoisotopic (exact) mass is 526 g/mol. The number of nitrogens with zero attached hydrogens (tertiary/aromatic N) is 2. The van der Waals surface area contributed by atoms with Crippen LogP contribution in [0.1, 0.15) is 26.3 Å². The topological polar surface area (TPSA) is 58.1 Å².